The number of nitrogens with zero attached hydrogens (tertiary/aromatic N) is 3. The third-order valence-corrected chi connectivity index (χ3v) is 6.64. The number of ketones is 1. The molecule has 2 aromatic rings. The van der Waals surface area contributed by atoms with Crippen LogP contribution in [-0.4, -0.2) is 54.8 Å². The Balaban J connectivity index is 1.55. The first-order valence-electron chi connectivity index (χ1n) is 10.7. The number of halogens is 2. The molecule has 1 saturated heterocycles. The van der Waals surface area contributed by atoms with Crippen molar-refractivity contribution in [3.8, 4) is 5.75 Å². The van der Waals surface area contributed by atoms with Gasteiger partial charge in [0, 0.05) is 26.1 Å². The van der Waals surface area contributed by atoms with Crippen LogP contribution in [0.2, 0.25) is 0 Å². The highest BCUT2D eigenvalue weighted by atomic mass is 19.1. The number of likely N-dealkylation sites (tertiary alicyclic amines) is 1. The third-order valence-electron chi connectivity index (χ3n) is 6.64. The van der Waals surface area contributed by atoms with E-state index in [4.69, 9.17) is 9.84 Å². The van der Waals surface area contributed by atoms with Crippen molar-refractivity contribution in [3.05, 3.63) is 59.9 Å². The Morgan fingerprint density at radius 1 is 1.23 bits per heavy atom. The molecule has 3 heterocycles. The van der Waals surface area contributed by atoms with Crippen LogP contribution in [0, 0.1) is 5.82 Å². The zero-order valence-corrected chi connectivity index (χ0v) is 17.4. The molecule has 0 spiro atoms. The average Bonchev–Trinajstić information content (AvgIpc) is 3.09. The first-order chi connectivity index (χ1) is 15.0. The fourth-order valence-electron chi connectivity index (χ4n) is 5.18. The fraction of sp³-hybridized carbons (Fsp3) is 0.417. The van der Waals surface area contributed by atoms with Gasteiger partial charge in [-0.2, -0.15) is 5.10 Å². The van der Waals surface area contributed by atoms with Crippen LogP contribution in [0.4, 0.5) is 14.5 Å². The maximum atomic E-state index is 14.1. The number of hydrazone groups is 1. The molecule has 3 aliphatic rings. The van der Waals surface area contributed by atoms with E-state index < -0.39 is 11.6 Å². The molecular weight excluding hydrogens is 400 g/mol. The molecule has 0 bridgehead atoms. The van der Waals surface area contributed by atoms with Gasteiger partial charge in [-0.1, -0.05) is 30.3 Å². The van der Waals surface area contributed by atoms with E-state index in [2.05, 4.69) is 4.90 Å². The van der Waals surface area contributed by atoms with E-state index in [1.54, 1.807) is 11.1 Å². The predicted octanol–water partition coefficient (Wildman–Crippen LogP) is 3.72. The van der Waals surface area contributed by atoms with Crippen LogP contribution in [0.15, 0.2) is 53.6 Å². The minimum absolute atomic E-state index is 0.107. The monoisotopic (exact) mass is 425 g/mol. The van der Waals surface area contributed by atoms with Gasteiger partial charge >= 0.3 is 0 Å². The second kappa shape index (κ2) is 7.71. The standard InChI is InChI=1S/C24H25F2N3O2/c1-16(30)23-24(17-6-3-2-4-7-17,10-5-11-28-13-19(26)14-28)22-15-31-21-9-8-18(25)12-20(21)29(22)27-23/h2-4,6-9,12,19,22H,5,10-11,13-15H2,1H3/t22-,24+/m0/s1. The lowest BCUT2D eigenvalue weighted by atomic mass is 9.67. The largest absolute Gasteiger partial charge is 0.489 e. The van der Waals surface area contributed by atoms with Crippen LogP contribution in [0.3, 0.4) is 0 Å². The molecule has 5 rings (SSSR count). The quantitative estimate of drug-likeness (QED) is 0.708. The van der Waals surface area contributed by atoms with Crippen molar-refractivity contribution in [3.63, 3.8) is 0 Å². The van der Waals surface area contributed by atoms with Crippen molar-refractivity contribution in [2.24, 2.45) is 5.10 Å². The molecule has 7 heteroatoms. The summed E-state index contributed by atoms with van der Waals surface area (Å²) < 4.78 is 33.3. The number of carbonyl (C=O) groups excluding carboxylic acids is 1. The number of hydrogen-bond donors (Lipinski definition) is 0. The Morgan fingerprint density at radius 3 is 2.71 bits per heavy atom. The summed E-state index contributed by atoms with van der Waals surface area (Å²) in [6, 6.07) is 14.0. The van der Waals surface area contributed by atoms with Crippen molar-refractivity contribution in [1.29, 1.82) is 0 Å². The molecule has 2 atom stereocenters. The van der Waals surface area contributed by atoms with Gasteiger partial charge < -0.3 is 4.74 Å². The molecule has 0 N–H and O–H groups in total. The zero-order valence-electron chi connectivity index (χ0n) is 17.4. The van der Waals surface area contributed by atoms with Crippen molar-refractivity contribution in [2.45, 2.75) is 37.4 Å². The predicted molar refractivity (Wildman–Crippen MR) is 115 cm³/mol. The van der Waals surface area contributed by atoms with Gasteiger partial charge in [0.2, 0.25) is 0 Å². The molecular formula is C24H25F2N3O2. The number of rotatable bonds is 6. The normalized spacial score (nSPS) is 25.3. The van der Waals surface area contributed by atoms with Crippen molar-refractivity contribution in [2.75, 3.05) is 31.3 Å². The van der Waals surface area contributed by atoms with E-state index in [1.807, 2.05) is 30.3 Å². The van der Waals surface area contributed by atoms with Crippen LogP contribution < -0.4 is 9.75 Å². The minimum atomic E-state index is -0.738. The molecule has 0 aliphatic carbocycles. The molecule has 2 aromatic carbocycles. The lowest BCUT2D eigenvalue weighted by Gasteiger charge is -2.42. The molecule has 0 radical (unpaired) electrons. The Hall–Kier alpha value is -2.80. The van der Waals surface area contributed by atoms with Gasteiger partial charge in [-0.05, 0) is 37.1 Å². The third kappa shape index (κ3) is 3.31. The number of alkyl halides is 1. The van der Waals surface area contributed by atoms with E-state index >= 15 is 0 Å². The highest BCUT2D eigenvalue weighted by Crippen LogP contribution is 2.48. The molecule has 162 valence electrons. The number of anilines is 1. The summed E-state index contributed by atoms with van der Waals surface area (Å²) >= 11 is 0. The van der Waals surface area contributed by atoms with E-state index in [0.717, 1.165) is 18.5 Å². The molecule has 31 heavy (non-hydrogen) atoms. The van der Waals surface area contributed by atoms with E-state index in [9.17, 15) is 13.6 Å². The lowest BCUT2D eigenvalue weighted by Crippen LogP contribution is -2.54. The number of hydrogen-bond acceptors (Lipinski definition) is 5. The summed E-state index contributed by atoms with van der Waals surface area (Å²) in [5.41, 5.74) is 1.32. The molecule has 1 fully saturated rings. The second-order valence-corrected chi connectivity index (χ2v) is 8.59. The van der Waals surface area contributed by atoms with Gasteiger partial charge in [0.05, 0.1) is 5.41 Å². The first kappa shape index (κ1) is 20.1. The van der Waals surface area contributed by atoms with Gasteiger partial charge in [0.1, 0.15) is 41.8 Å². The molecule has 5 nitrogen and oxygen atoms in total. The molecule has 0 unspecified atom stereocenters. The number of Topliss-reactive ketones (excluding diaryl/α,β-unsaturated/α-hetero) is 1. The van der Waals surface area contributed by atoms with Crippen molar-refractivity contribution < 1.29 is 18.3 Å². The van der Waals surface area contributed by atoms with Crippen LogP contribution >= 0.6 is 0 Å². The van der Waals surface area contributed by atoms with Crippen LogP contribution in [0.1, 0.15) is 25.3 Å². The Labute approximate surface area is 180 Å². The van der Waals surface area contributed by atoms with Gasteiger partial charge in [-0.3, -0.25) is 14.7 Å². The smallest absolute Gasteiger partial charge is 0.176 e. The summed E-state index contributed by atoms with van der Waals surface area (Å²) in [5.74, 6) is 0.0741. The van der Waals surface area contributed by atoms with Crippen LogP contribution in [0.25, 0.3) is 0 Å². The Kier molecular flexibility index (Phi) is 5.01. The van der Waals surface area contributed by atoms with Crippen molar-refractivity contribution >= 4 is 17.2 Å². The maximum absolute atomic E-state index is 14.1. The van der Waals surface area contributed by atoms with Crippen LogP contribution in [0.5, 0.6) is 5.75 Å². The van der Waals surface area contributed by atoms with E-state index in [-0.39, 0.29) is 17.6 Å². The zero-order chi connectivity index (χ0) is 21.6. The van der Waals surface area contributed by atoms with E-state index in [0.29, 0.717) is 43.3 Å². The minimum Gasteiger partial charge on any atom is -0.489 e. The Morgan fingerprint density at radius 2 is 2.00 bits per heavy atom. The number of carbonyl (C=O) groups is 1. The fourth-order valence-corrected chi connectivity index (χ4v) is 5.18. The highest BCUT2D eigenvalue weighted by molar-refractivity contribution is 6.43. The van der Waals surface area contributed by atoms with Gasteiger partial charge in [0.15, 0.2) is 5.78 Å². The van der Waals surface area contributed by atoms with Crippen LogP contribution in [-0.2, 0) is 10.2 Å². The summed E-state index contributed by atoms with van der Waals surface area (Å²) in [6.07, 6.45) is 0.712. The summed E-state index contributed by atoms with van der Waals surface area (Å²) in [5, 5.41) is 6.52. The summed E-state index contributed by atoms with van der Waals surface area (Å²) in [7, 11) is 0. The van der Waals surface area contributed by atoms with Gasteiger partial charge in [-0.15, -0.1) is 0 Å². The number of fused-ring (bicyclic) bond motifs is 3. The van der Waals surface area contributed by atoms with Gasteiger partial charge in [-0.25, -0.2) is 8.78 Å². The molecule has 3 aliphatic heterocycles. The number of ether oxygens (including phenoxy) is 1. The number of benzene rings is 2. The second-order valence-electron chi connectivity index (χ2n) is 8.59. The summed E-state index contributed by atoms with van der Waals surface area (Å²) in [6.45, 7) is 3.57. The Bertz CT molecular complexity index is 1020. The molecule has 0 amide bonds. The van der Waals surface area contributed by atoms with Gasteiger partial charge in [0.25, 0.3) is 0 Å². The highest BCUT2D eigenvalue weighted by Gasteiger charge is 2.55. The maximum Gasteiger partial charge on any atom is 0.176 e. The van der Waals surface area contributed by atoms with E-state index in [1.165, 1.54) is 19.1 Å². The lowest BCUT2D eigenvalue weighted by molar-refractivity contribution is -0.111. The summed E-state index contributed by atoms with van der Waals surface area (Å²) in [4.78, 5) is 14.9. The SMILES string of the molecule is CC(=O)C1=NN2c3cc(F)ccc3OC[C@H]2[C@@]1(CCCN1CC(F)C1)c1ccccc1. The van der Waals surface area contributed by atoms with Crippen molar-refractivity contribution in [1.82, 2.24) is 4.90 Å². The topological polar surface area (TPSA) is 45.1 Å². The first-order valence-corrected chi connectivity index (χ1v) is 10.7. The average molecular weight is 425 g/mol. The molecule has 0 aromatic heterocycles. The molecule has 0 saturated carbocycles.